The van der Waals surface area contributed by atoms with E-state index in [9.17, 15) is 4.57 Å². The zero-order valence-electron chi connectivity index (χ0n) is 14.0. The van der Waals surface area contributed by atoms with Gasteiger partial charge in [-0.25, -0.2) is 4.57 Å². The van der Waals surface area contributed by atoms with Gasteiger partial charge in [0.15, 0.2) is 0 Å². The highest BCUT2D eigenvalue weighted by atomic mass is 31.2. The SMILES string of the molecule is NCCCCCCCCCCCCCCCCOP(=O)(O)O. The highest BCUT2D eigenvalue weighted by molar-refractivity contribution is 7.46. The first-order chi connectivity index (χ1) is 10.6. The van der Waals surface area contributed by atoms with E-state index in [1.807, 2.05) is 0 Å². The molecule has 0 spiro atoms. The molecule has 0 fully saturated rings. The molecule has 22 heavy (non-hydrogen) atoms. The maximum Gasteiger partial charge on any atom is 0.469 e. The number of hydrogen-bond acceptors (Lipinski definition) is 3. The van der Waals surface area contributed by atoms with Crippen LogP contribution in [-0.4, -0.2) is 22.9 Å². The van der Waals surface area contributed by atoms with Crippen molar-refractivity contribution < 1.29 is 18.9 Å². The summed E-state index contributed by atoms with van der Waals surface area (Å²) in [4.78, 5) is 17.0. The van der Waals surface area contributed by atoms with E-state index in [-0.39, 0.29) is 6.61 Å². The molecule has 0 aliphatic rings. The molecule has 5 nitrogen and oxygen atoms in total. The van der Waals surface area contributed by atoms with Gasteiger partial charge in [-0.05, 0) is 19.4 Å². The molecule has 0 amide bonds. The topological polar surface area (TPSA) is 92.8 Å². The standard InChI is InChI=1S/C16H36NO4P/c17-15-13-11-9-7-5-3-1-2-4-6-8-10-12-14-16-21-22(18,19)20/h1-17H2,(H2,18,19,20). The van der Waals surface area contributed by atoms with E-state index in [4.69, 9.17) is 15.5 Å². The highest BCUT2D eigenvalue weighted by Crippen LogP contribution is 2.35. The first-order valence-electron chi connectivity index (χ1n) is 8.96. The monoisotopic (exact) mass is 337 g/mol. The molecule has 4 N–H and O–H groups in total. The number of phosphoric ester groups is 1. The van der Waals surface area contributed by atoms with Crippen molar-refractivity contribution in [2.24, 2.45) is 5.73 Å². The summed E-state index contributed by atoms with van der Waals surface area (Å²) in [6, 6.07) is 0. The molecule has 6 heteroatoms. The maximum absolute atomic E-state index is 10.4. The molecule has 0 unspecified atom stereocenters. The summed E-state index contributed by atoms with van der Waals surface area (Å²) < 4.78 is 14.8. The molecule has 0 atom stereocenters. The van der Waals surface area contributed by atoms with Crippen molar-refractivity contribution in [1.82, 2.24) is 0 Å². The van der Waals surface area contributed by atoms with Crippen LogP contribution in [-0.2, 0) is 9.09 Å². The van der Waals surface area contributed by atoms with Crippen molar-refractivity contribution in [2.75, 3.05) is 13.2 Å². The Morgan fingerprint density at radius 3 is 1.27 bits per heavy atom. The number of hydrogen-bond donors (Lipinski definition) is 3. The Balaban J connectivity index is 3.01. The van der Waals surface area contributed by atoms with Crippen molar-refractivity contribution in [2.45, 2.75) is 89.9 Å². The van der Waals surface area contributed by atoms with Gasteiger partial charge in [0.25, 0.3) is 0 Å². The molecule has 0 aliphatic carbocycles. The Kier molecular flexibility index (Phi) is 16.0. The molecule has 0 saturated carbocycles. The minimum absolute atomic E-state index is 0.162. The minimum atomic E-state index is -4.26. The third kappa shape index (κ3) is 20.1. The maximum atomic E-state index is 10.4. The van der Waals surface area contributed by atoms with E-state index in [1.54, 1.807) is 0 Å². The van der Waals surface area contributed by atoms with E-state index < -0.39 is 7.82 Å². The number of rotatable bonds is 17. The van der Waals surface area contributed by atoms with Gasteiger partial charge in [0.05, 0.1) is 6.61 Å². The average molecular weight is 337 g/mol. The Bertz CT molecular complexity index is 271. The predicted octanol–water partition coefficient (Wildman–Crippen LogP) is 4.52. The van der Waals surface area contributed by atoms with Crippen LogP contribution in [0.5, 0.6) is 0 Å². The van der Waals surface area contributed by atoms with Crippen molar-refractivity contribution in [3.05, 3.63) is 0 Å². The Labute approximate surface area is 136 Å². The van der Waals surface area contributed by atoms with Gasteiger partial charge in [-0.1, -0.05) is 77.0 Å². The Morgan fingerprint density at radius 2 is 0.955 bits per heavy atom. The van der Waals surface area contributed by atoms with Crippen molar-refractivity contribution in [3.63, 3.8) is 0 Å². The fraction of sp³-hybridized carbons (Fsp3) is 1.00. The second-order valence-electron chi connectivity index (χ2n) is 6.06. The number of phosphoric acid groups is 1. The molecule has 0 rings (SSSR count). The Morgan fingerprint density at radius 1 is 0.636 bits per heavy atom. The van der Waals surface area contributed by atoms with E-state index in [2.05, 4.69) is 4.52 Å². The zero-order chi connectivity index (χ0) is 16.5. The largest absolute Gasteiger partial charge is 0.469 e. The van der Waals surface area contributed by atoms with Crippen molar-refractivity contribution in [3.8, 4) is 0 Å². The quantitative estimate of drug-likeness (QED) is 0.268. The van der Waals surface area contributed by atoms with Crippen LogP contribution in [0, 0.1) is 0 Å². The Hall–Kier alpha value is 0.0700. The van der Waals surface area contributed by atoms with Crippen molar-refractivity contribution >= 4 is 7.82 Å². The van der Waals surface area contributed by atoms with Crippen LogP contribution in [0.2, 0.25) is 0 Å². The number of unbranched alkanes of at least 4 members (excludes halogenated alkanes) is 13. The molecule has 0 aliphatic heterocycles. The molecule has 0 saturated heterocycles. The summed E-state index contributed by atoms with van der Waals surface area (Å²) in [5, 5.41) is 0. The van der Waals surface area contributed by atoms with Crippen LogP contribution in [0.4, 0.5) is 0 Å². The van der Waals surface area contributed by atoms with Crippen LogP contribution < -0.4 is 5.73 Å². The van der Waals surface area contributed by atoms with Gasteiger partial charge < -0.3 is 15.5 Å². The number of nitrogens with two attached hydrogens (primary N) is 1. The average Bonchev–Trinajstić information content (AvgIpc) is 2.45. The lowest BCUT2D eigenvalue weighted by atomic mass is 10.0. The third-order valence-corrected chi connectivity index (χ3v) is 4.38. The second-order valence-corrected chi connectivity index (χ2v) is 7.30. The first-order valence-corrected chi connectivity index (χ1v) is 10.5. The lowest BCUT2D eigenvalue weighted by molar-refractivity contribution is 0.193. The van der Waals surface area contributed by atoms with Crippen LogP contribution in [0.25, 0.3) is 0 Å². The van der Waals surface area contributed by atoms with Gasteiger partial charge in [0.2, 0.25) is 0 Å². The molecule has 0 aromatic carbocycles. The van der Waals surface area contributed by atoms with Gasteiger partial charge in [-0.15, -0.1) is 0 Å². The molecule has 0 radical (unpaired) electrons. The summed E-state index contributed by atoms with van der Waals surface area (Å²) in [5.74, 6) is 0. The summed E-state index contributed by atoms with van der Waals surface area (Å²) in [7, 11) is -4.26. The minimum Gasteiger partial charge on any atom is -0.330 e. The summed E-state index contributed by atoms with van der Waals surface area (Å²) in [6.07, 6.45) is 17.2. The third-order valence-electron chi connectivity index (χ3n) is 3.86. The van der Waals surface area contributed by atoms with Crippen LogP contribution in [0.3, 0.4) is 0 Å². The lowest BCUT2D eigenvalue weighted by Gasteiger charge is -2.05. The first kappa shape index (κ1) is 22.1. The van der Waals surface area contributed by atoms with Crippen molar-refractivity contribution in [1.29, 1.82) is 0 Å². The smallest absolute Gasteiger partial charge is 0.330 e. The van der Waals surface area contributed by atoms with Crippen LogP contribution in [0.15, 0.2) is 0 Å². The molecular formula is C16H36NO4P. The molecule has 0 heterocycles. The van der Waals surface area contributed by atoms with Gasteiger partial charge in [0, 0.05) is 0 Å². The fourth-order valence-corrected chi connectivity index (χ4v) is 2.92. The lowest BCUT2D eigenvalue weighted by Crippen LogP contribution is -1.97. The van der Waals surface area contributed by atoms with Gasteiger partial charge in [0.1, 0.15) is 0 Å². The summed E-state index contributed by atoms with van der Waals surface area (Å²) in [6.45, 7) is 0.992. The molecule has 0 aromatic heterocycles. The second kappa shape index (κ2) is 15.9. The van der Waals surface area contributed by atoms with Crippen LogP contribution >= 0.6 is 7.82 Å². The van der Waals surface area contributed by atoms with Gasteiger partial charge >= 0.3 is 7.82 Å². The molecule has 134 valence electrons. The molecule has 0 bridgehead atoms. The molecule has 0 aromatic rings. The van der Waals surface area contributed by atoms with Gasteiger partial charge in [-0.3, -0.25) is 4.52 Å². The highest BCUT2D eigenvalue weighted by Gasteiger charge is 2.12. The molecular weight excluding hydrogens is 301 g/mol. The van der Waals surface area contributed by atoms with Gasteiger partial charge in [-0.2, -0.15) is 0 Å². The van der Waals surface area contributed by atoms with E-state index in [1.165, 1.54) is 70.6 Å². The predicted molar refractivity (Wildman–Crippen MR) is 91.7 cm³/mol. The summed E-state index contributed by atoms with van der Waals surface area (Å²) in [5.41, 5.74) is 5.46. The zero-order valence-corrected chi connectivity index (χ0v) is 14.9. The fourth-order valence-electron chi connectivity index (χ4n) is 2.55. The summed E-state index contributed by atoms with van der Waals surface area (Å²) >= 11 is 0. The van der Waals surface area contributed by atoms with E-state index in [0.717, 1.165) is 25.8 Å². The van der Waals surface area contributed by atoms with E-state index in [0.29, 0.717) is 0 Å². The van der Waals surface area contributed by atoms with E-state index >= 15 is 0 Å². The van der Waals surface area contributed by atoms with Crippen LogP contribution in [0.1, 0.15) is 89.9 Å². The normalized spacial score (nSPS) is 12.0.